The molecular formula is C16H24N2O4S. The molecule has 1 aliphatic heterocycles. The van der Waals surface area contributed by atoms with E-state index < -0.39 is 10.0 Å². The van der Waals surface area contributed by atoms with Crippen LogP contribution in [0, 0.1) is 5.92 Å². The number of carbonyl (C=O) groups is 1. The van der Waals surface area contributed by atoms with E-state index in [1.165, 1.54) is 10.4 Å². The predicted molar refractivity (Wildman–Crippen MR) is 88.7 cm³/mol. The number of amides is 1. The van der Waals surface area contributed by atoms with Gasteiger partial charge in [-0.3, -0.25) is 4.79 Å². The Hall–Kier alpha value is -1.44. The van der Waals surface area contributed by atoms with Gasteiger partial charge in [0.15, 0.2) is 0 Å². The third kappa shape index (κ3) is 4.53. The van der Waals surface area contributed by atoms with Crippen LogP contribution in [0.25, 0.3) is 0 Å². The van der Waals surface area contributed by atoms with Gasteiger partial charge in [0.25, 0.3) is 0 Å². The SMILES string of the molecule is CC(C)CC(=O)Nc1cccc(S(=O)(=O)N2CCOCC2C)c1. The summed E-state index contributed by atoms with van der Waals surface area (Å²) >= 11 is 0. The highest BCUT2D eigenvalue weighted by Crippen LogP contribution is 2.23. The summed E-state index contributed by atoms with van der Waals surface area (Å²) < 4.78 is 32.3. The van der Waals surface area contributed by atoms with Crippen LogP contribution < -0.4 is 5.32 Å². The van der Waals surface area contributed by atoms with Crippen LogP contribution >= 0.6 is 0 Å². The number of nitrogens with one attached hydrogen (secondary N) is 1. The van der Waals surface area contributed by atoms with Gasteiger partial charge in [0.1, 0.15) is 0 Å². The second-order valence-electron chi connectivity index (χ2n) is 6.21. The monoisotopic (exact) mass is 340 g/mol. The summed E-state index contributed by atoms with van der Waals surface area (Å²) in [6.07, 6.45) is 0.400. The van der Waals surface area contributed by atoms with Gasteiger partial charge in [-0.05, 0) is 31.0 Å². The minimum atomic E-state index is -3.59. The van der Waals surface area contributed by atoms with E-state index in [-0.39, 0.29) is 22.8 Å². The summed E-state index contributed by atoms with van der Waals surface area (Å²) in [7, 11) is -3.59. The Morgan fingerprint density at radius 2 is 2.17 bits per heavy atom. The van der Waals surface area contributed by atoms with Crippen molar-refractivity contribution >= 4 is 21.6 Å². The van der Waals surface area contributed by atoms with Crippen LogP contribution in [0.5, 0.6) is 0 Å². The summed E-state index contributed by atoms with van der Waals surface area (Å²) in [6, 6.07) is 6.20. The lowest BCUT2D eigenvalue weighted by Crippen LogP contribution is -2.46. The molecule has 0 aliphatic carbocycles. The molecule has 0 saturated carbocycles. The van der Waals surface area contributed by atoms with Gasteiger partial charge >= 0.3 is 0 Å². The van der Waals surface area contributed by atoms with Crippen LogP contribution in [-0.4, -0.2) is 44.4 Å². The fourth-order valence-corrected chi connectivity index (χ4v) is 4.17. The van der Waals surface area contributed by atoms with E-state index in [1.807, 2.05) is 20.8 Å². The second-order valence-corrected chi connectivity index (χ2v) is 8.10. The molecule has 1 fully saturated rings. The van der Waals surface area contributed by atoms with Crippen molar-refractivity contribution in [3.05, 3.63) is 24.3 Å². The summed E-state index contributed by atoms with van der Waals surface area (Å²) in [5, 5.41) is 2.75. The maximum absolute atomic E-state index is 12.8. The molecule has 0 bridgehead atoms. The highest BCUT2D eigenvalue weighted by atomic mass is 32.2. The largest absolute Gasteiger partial charge is 0.378 e. The van der Waals surface area contributed by atoms with Crippen molar-refractivity contribution < 1.29 is 17.9 Å². The van der Waals surface area contributed by atoms with Gasteiger partial charge in [0.2, 0.25) is 15.9 Å². The Morgan fingerprint density at radius 1 is 1.43 bits per heavy atom. The van der Waals surface area contributed by atoms with Crippen LogP contribution in [0.2, 0.25) is 0 Å². The minimum Gasteiger partial charge on any atom is -0.378 e. The zero-order valence-corrected chi connectivity index (χ0v) is 14.6. The number of ether oxygens (including phenoxy) is 1. The van der Waals surface area contributed by atoms with Crippen molar-refractivity contribution in [2.75, 3.05) is 25.1 Å². The maximum Gasteiger partial charge on any atom is 0.243 e. The van der Waals surface area contributed by atoms with E-state index in [1.54, 1.807) is 18.2 Å². The standard InChI is InChI=1S/C16H24N2O4S/c1-12(2)9-16(19)17-14-5-4-6-15(10-14)23(20,21)18-7-8-22-11-13(18)3/h4-6,10,12-13H,7-9,11H2,1-3H3,(H,17,19). The lowest BCUT2D eigenvalue weighted by atomic mass is 10.1. The first-order valence-electron chi connectivity index (χ1n) is 7.80. The summed E-state index contributed by atoms with van der Waals surface area (Å²) in [5.41, 5.74) is 0.498. The van der Waals surface area contributed by atoms with E-state index in [0.717, 1.165) is 0 Å². The smallest absolute Gasteiger partial charge is 0.243 e. The fraction of sp³-hybridized carbons (Fsp3) is 0.562. The van der Waals surface area contributed by atoms with Crippen LogP contribution in [-0.2, 0) is 19.6 Å². The van der Waals surface area contributed by atoms with Crippen molar-refractivity contribution in [3.8, 4) is 0 Å². The first kappa shape index (κ1) is 17.9. The first-order chi connectivity index (χ1) is 10.8. The van der Waals surface area contributed by atoms with Gasteiger partial charge in [0.05, 0.1) is 18.1 Å². The van der Waals surface area contributed by atoms with Crippen LogP contribution in [0.1, 0.15) is 27.2 Å². The molecule has 0 radical (unpaired) electrons. The van der Waals surface area contributed by atoms with Crippen LogP contribution in [0.4, 0.5) is 5.69 Å². The Bertz CT molecular complexity index is 658. The van der Waals surface area contributed by atoms with Crippen LogP contribution in [0.15, 0.2) is 29.2 Å². The van der Waals surface area contributed by atoms with Gasteiger partial charge in [-0.25, -0.2) is 8.42 Å². The zero-order valence-electron chi connectivity index (χ0n) is 13.8. The molecule has 1 aromatic rings. The van der Waals surface area contributed by atoms with E-state index in [2.05, 4.69) is 5.32 Å². The summed E-state index contributed by atoms with van der Waals surface area (Å²) in [6.45, 7) is 6.87. The molecule has 0 aromatic heterocycles. The Morgan fingerprint density at radius 3 is 2.83 bits per heavy atom. The molecule has 23 heavy (non-hydrogen) atoms. The number of hydrogen-bond acceptors (Lipinski definition) is 4. The van der Waals surface area contributed by atoms with Crippen LogP contribution in [0.3, 0.4) is 0 Å². The van der Waals surface area contributed by atoms with Crippen molar-refractivity contribution in [1.82, 2.24) is 4.31 Å². The number of rotatable bonds is 5. The van der Waals surface area contributed by atoms with E-state index in [0.29, 0.717) is 31.9 Å². The number of anilines is 1. The summed E-state index contributed by atoms with van der Waals surface area (Å²) in [5.74, 6) is 0.130. The highest BCUT2D eigenvalue weighted by Gasteiger charge is 2.31. The van der Waals surface area contributed by atoms with Crippen molar-refractivity contribution in [3.63, 3.8) is 0 Å². The Kier molecular flexibility index (Phi) is 5.78. The van der Waals surface area contributed by atoms with Gasteiger partial charge in [-0.2, -0.15) is 4.31 Å². The van der Waals surface area contributed by atoms with Crippen molar-refractivity contribution in [2.24, 2.45) is 5.92 Å². The van der Waals surface area contributed by atoms with Gasteiger partial charge in [-0.1, -0.05) is 19.9 Å². The molecule has 2 rings (SSSR count). The number of hydrogen-bond donors (Lipinski definition) is 1. The number of benzene rings is 1. The normalized spacial score (nSPS) is 19.7. The van der Waals surface area contributed by atoms with Gasteiger partial charge < -0.3 is 10.1 Å². The molecule has 1 aliphatic rings. The highest BCUT2D eigenvalue weighted by molar-refractivity contribution is 7.89. The van der Waals surface area contributed by atoms with Gasteiger partial charge in [-0.15, -0.1) is 0 Å². The minimum absolute atomic E-state index is 0.116. The van der Waals surface area contributed by atoms with Crippen molar-refractivity contribution in [1.29, 1.82) is 0 Å². The third-order valence-corrected chi connectivity index (χ3v) is 5.63. The molecule has 128 valence electrons. The number of sulfonamides is 1. The second kappa shape index (κ2) is 7.42. The van der Waals surface area contributed by atoms with E-state index in [4.69, 9.17) is 4.74 Å². The molecule has 1 N–H and O–H groups in total. The molecule has 1 aromatic carbocycles. The number of nitrogens with zero attached hydrogens (tertiary/aromatic N) is 1. The molecular weight excluding hydrogens is 316 g/mol. The summed E-state index contributed by atoms with van der Waals surface area (Å²) in [4.78, 5) is 12.0. The predicted octanol–water partition coefficient (Wildman–Crippen LogP) is 2.08. The molecule has 0 spiro atoms. The maximum atomic E-state index is 12.8. The number of morpholine rings is 1. The van der Waals surface area contributed by atoms with E-state index in [9.17, 15) is 13.2 Å². The Labute approximate surface area is 137 Å². The molecule has 1 amide bonds. The molecule has 7 heteroatoms. The van der Waals surface area contributed by atoms with Gasteiger partial charge in [0, 0.05) is 24.7 Å². The lowest BCUT2D eigenvalue weighted by Gasteiger charge is -2.32. The average molecular weight is 340 g/mol. The van der Waals surface area contributed by atoms with Crippen molar-refractivity contribution in [2.45, 2.75) is 38.1 Å². The molecule has 1 atom stereocenters. The third-order valence-electron chi connectivity index (χ3n) is 3.62. The van der Waals surface area contributed by atoms with E-state index >= 15 is 0 Å². The molecule has 6 nitrogen and oxygen atoms in total. The Balaban J connectivity index is 2.19. The lowest BCUT2D eigenvalue weighted by molar-refractivity contribution is -0.116. The average Bonchev–Trinajstić information content (AvgIpc) is 2.46. The molecule has 1 saturated heterocycles. The molecule has 1 unspecified atom stereocenters. The zero-order chi connectivity index (χ0) is 17.0. The fourth-order valence-electron chi connectivity index (χ4n) is 2.52. The molecule has 1 heterocycles. The topological polar surface area (TPSA) is 75.7 Å². The quantitative estimate of drug-likeness (QED) is 0.890. The number of carbonyl (C=O) groups excluding carboxylic acids is 1. The first-order valence-corrected chi connectivity index (χ1v) is 9.24.